The zero-order valence-corrected chi connectivity index (χ0v) is 15.5. The highest BCUT2D eigenvalue weighted by Crippen LogP contribution is 2.23. The predicted octanol–water partition coefficient (Wildman–Crippen LogP) is 3.46. The van der Waals surface area contributed by atoms with Crippen molar-refractivity contribution in [2.75, 3.05) is 4.72 Å². The minimum atomic E-state index is -3.63. The molecule has 0 unspecified atom stereocenters. The number of carbonyl (C=O) groups is 1. The number of rotatable bonds is 5. The molecule has 2 aromatic rings. The zero-order chi connectivity index (χ0) is 17.0. The van der Waals surface area contributed by atoms with Gasteiger partial charge < -0.3 is 5.32 Å². The molecule has 2 N–H and O–H groups in total. The van der Waals surface area contributed by atoms with Gasteiger partial charge in [0.05, 0.1) is 0 Å². The average molecular weight is 386 g/mol. The third-order valence-corrected chi connectivity index (χ3v) is 7.53. The zero-order valence-electron chi connectivity index (χ0n) is 13.0. The summed E-state index contributed by atoms with van der Waals surface area (Å²) in [6.45, 7) is 0. The highest BCUT2D eigenvalue weighted by atomic mass is 32.2. The fourth-order valence-corrected chi connectivity index (χ4v) is 5.63. The van der Waals surface area contributed by atoms with Crippen LogP contribution in [0.15, 0.2) is 27.1 Å². The highest BCUT2D eigenvalue weighted by molar-refractivity contribution is 7.94. The van der Waals surface area contributed by atoms with Gasteiger partial charge in [0.25, 0.3) is 15.9 Å². The molecule has 0 aliphatic heterocycles. The van der Waals surface area contributed by atoms with E-state index >= 15 is 0 Å². The van der Waals surface area contributed by atoms with Gasteiger partial charge in [0, 0.05) is 11.4 Å². The van der Waals surface area contributed by atoms with Crippen molar-refractivity contribution >= 4 is 43.7 Å². The largest absolute Gasteiger partial charge is 0.348 e. The maximum atomic E-state index is 12.3. The molecule has 1 aliphatic rings. The molecule has 9 heteroatoms. The van der Waals surface area contributed by atoms with Gasteiger partial charge in [-0.05, 0) is 24.3 Å². The lowest BCUT2D eigenvalue weighted by Crippen LogP contribution is -2.34. The summed E-state index contributed by atoms with van der Waals surface area (Å²) in [6, 6.07) is 3.39. The van der Waals surface area contributed by atoms with E-state index in [4.69, 9.17) is 0 Å². The molecular formula is C15H19N3O3S3. The van der Waals surface area contributed by atoms with E-state index in [9.17, 15) is 13.2 Å². The fraction of sp³-hybridized carbons (Fsp3) is 0.467. The van der Waals surface area contributed by atoms with Crippen molar-refractivity contribution in [3.8, 4) is 0 Å². The third kappa shape index (κ3) is 4.34. The smallest absolute Gasteiger partial charge is 0.273 e. The number of nitrogens with one attached hydrogen (secondary N) is 2. The number of carbonyl (C=O) groups excluding carboxylic acids is 1. The van der Waals surface area contributed by atoms with Crippen LogP contribution in [0, 0.1) is 0 Å². The van der Waals surface area contributed by atoms with Crippen molar-refractivity contribution in [3.05, 3.63) is 28.6 Å². The van der Waals surface area contributed by atoms with Crippen LogP contribution in [-0.2, 0) is 10.0 Å². The molecule has 0 aromatic carbocycles. The maximum Gasteiger partial charge on any atom is 0.273 e. The minimum Gasteiger partial charge on any atom is -0.348 e. The number of thiazole rings is 1. The molecule has 0 bridgehead atoms. The molecule has 0 atom stereocenters. The molecule has 3 rings (SSSR count). The Morgan fingerprint density at radius 1 is 1.17 bits per heavy atom. The number of anilines is 1. The first-order valence-corrected chi connectivity index (χ1v) is 11.1. The van der Waals surface area contributed by atoms with Gasteiger partial charge in [-0.2, -0.15) is 0 Å². The van der Waals surface area contributed by atoms with E-state index in [2.05, 4.69) is 15.0 Å². The van der Waals surface area contributed by atoms with Gasteiger partial charge in [0.2, 0.25) is 0 Å². The maximum absolute atomic E-state index is 12.3. The third-order valence-electron chi connectivity index (χ3n) is 3.91. The summed E-state index contributed by atoms with van der Waals surface area (Å²) in [7, 11) is -3.63. The molecule has 1 saturated carbocycles. The summed E-state index contributed by atoms with van der Waals surface area (Å²) in [5.74, 6) is -0.236. The Hall–Kier alpha value is -1.45. The molecule has 1 aliphatic carbocycles. The SMILES string of the molecule is O=C(NC1CCCCCC1)c1csc(NS(=O)(=O)c2cccs2)n1. The molecule has 0 radical (unpaired) electrons. The van der Waals surface area contributed by atoms with E-state index in [0.29, 0.717) is 0 Å². The van der Waals surface area contributed by atoms with Gasteiger partial charge in [-0.25, -0.2) is 13.4 Å². The van der Waals surface area contributed by atoms with Crippen LogP contribution in [-0.4, -0.2) is 25.4 Å². The van der Waals surface area contributed by atoms with Crippen molar-refractivity contribution in [1.82, 2.24) is 10.3 Å². The van der Waals surface area contributed by atoms with Crippen LogP contribution < -0.4 is 10.0 Å². The standard InChI is InChI=1S/C15H19N3O3S3/c19-14(16-11-6-3-1-2-4-7-11)12-10-23-15(17-12)18-24(20,21)13-8-5-9-22-13/h5,8-11H,1-4,6-7H2,(H,16,19)(H,17,18). The van der Waals surface area contributed by atoms with Gasteiger partial charge >= 0.3 is 0 Å². The Kier molecular flexibility index (Phi) is 5.52. The van der Waals surface area contributed by atoms with Gasteiger partial charge in [-0.1, -0.05) is 31.7 Å². The molecule has 0 spiro atoms. The molecular weight excluding hydrogens is 366 g/mol. The van der Waals surface area contributed by atoms with Crippen molar-refractivity contribution in [2.45, 2.75) is 48.8 Å². The quantitative estimate of drug-likeness (QED) is 0.772. The summed E-state index contributed by atoms with van der Waals surface area (Å²) in [5, 5.41) is 6.49. The molecule has 0 saturated heterocycles. The van der Waals surface area contributed by atoms with E-state index in [0.717, 1.165) is 48.4 Å². The van der Waals surface area contributed by atoms with Crippen molar-refractivity contribution in [3.63, 3.8) is 0 Å². The molecule has 24 heavy (non-hydrogen) atoms. The first kappa shape index (κ1) is 17.4. The Bertz CT molecular complexity index is 776. The summed E-state index contributed by atoms with van der Waals surface area (Å²) < 4.78 is 27.0. The van der Waals surface area contributed by atoms with E-state index in [1.807, 2.05) is 0 Å². The lowest BCUT2D eigenvalue weighted by molar-refractivity contribution is 0.0929. The molecule has 1 amide bonds. The summed E-state index contributed by atoms with van der Waals surface area (Å²) in [5.41, 5.74) is 0.258. The van der Waals surface area contributed by atoms with Gasteiger partial charge in [0.1, 0.15) is 9.90 Å². The van der Waals surface area contributed by atoms with Crippen LogP contribution in [0.3, 0.4) is 0 Å². The highest BCUT2D eigenvalue weighted by Gasteiger charge is 2.20. The second-order valence-electron chi connectivity index (χ2n) is 5.74. The van der Waals surface area contributed by atoms with Crippen molar-refractivity contribution in [1.29, 1.82) is 0 Å². The van der Waals surface area contributed by atoms with E-state index in [-0.39, 0.29) is 27.0 Å². The summed E-state index contributed by atoms with van der Waals surface area (Å²) in [6.07, 6.45) is 6.69. The normalized spacial score (nSPS) is 16.5. The minimum absolute atomic E-state index is 0.188. The van der Waals surface area contributed by atoms with Crippen molar-refractivity contribution < 1.29 is 13.2 Å². The number of amides is 1. The lowest BCUT2D eigenvalue weighted by Gasteiger charge is -2.15. The number of aromatic nitrogens is 1. The molecule has 1 fully saturated rings. The van der Waals surface area contributed by atoms with E-state index in [1.54, 1.807) is 16.8 Å². The fourth-order valence-electron chi connectivity index (χ4n) is 2.69. The second-order valence-corrected chi connectivity index (χ2v) is 9.45. The predicted molar refractivity (Wildman–Crippen MR) is 96.2 cm³/mol. The second kappa shape index (κ2) is 7.62. The topological polar surface area (TPSA) is 88.2 Å². The lowest BCUT2D eigenvalue weighted by atomic mass is 10.1. The Balaban J connectivity index is 1.63. The summed E-state index contributed by atoms with van der Waals surface area (Å²) in [4.78, 5) is 16.4. The number of nitrogens with zero attached hydrogens (tertiary/aromatic N) is 1. The van der Waals surface area contributed by atoms with Crippen LogP contribution in [0.1, 0.15) is 49.0 Å². The number of hydrogen-bond donors (Lipinski definition) is 2. The van der Waals surface area contributed by atoms with Gasteiger partial charge in [0.15, 0.2) is 5.13 Å². The van der Waals surface area contributed by atoms with Gasteiger partial charge in [-0.3, -0.25) is 9.52 Å². The monoisotopic (exact) mass is 385 g/mol. The Morgan fingerprint density at radius 2 is 1.92 bits per heavy atom. The average Bonchev–Trinajstić information content (AvgIpc) is 3.17. The Labute approximate surface area is 149 Å². The van der Waals surface area contributed by atoms with Crippen LogP contribution >= 0.6 is 22.7 Å². The van der Waals surface area contributed by atoms with Crippen LogP contribution in [0.4, 0.5) is 5.13 Å². The van der Waals surface area contributed by atoms with Crippen LogP contribution in [0.5, 0.6) is 0 Å². The van der Waals surface area contributed by atoms with Gasteiger partial charge in [-0.15, -0.1) is 22.7 Å². The van der Waals surface area contributed by atoms with Crippen LogP contribution in [0.2, 0.25) is 0 Å². The molecule has 130 valence electrons. The number of hydrogen-bond acceptors (Lipinski definition) is 6. The number of sulfonamides is 1. The Morgan fingerprint density at radius 3 is 2.58 bits per heavy atom. The molecule has 2 heterocycles. The van der Waals surface area contributed by atoms with E-state index in [1.165, 1.54) is 18.9 Å². The van der Waals surface area contributed by atoms with Crippen molar-refractivity contribution in [2.24, 2.45) is 0 Å². The molecule has 2 aromatic heterocycles. The molecule has 6 nitrogen and oxygen atoms in total. The first-order valence-electron chi connectivity index (χ1n) is 7.87. The first-order chi connectivity index (χ1) is 11.5. The number of thiophene rings is 1. The summed E-state index contributed by atoms with van der Waals surface area (Å²) >= 11 is 2.25. The van der Waals surface area contributed by atoms with Crippen LogP contribution in [0.25, 0.3) is 0 Å². The van der Waals surface area contributed by atoms with E-state index < -0.39 is 10.0 Å².